The van der Waals surface area contributed by atoms with Gasteiger partial charge in [-0.2, -0.15) is 5.26 Å². The smallest absolute Gasteiger partial charge is 0.122 e. The van der Waals surface area contributed by atoms with Gasteiger partial charge in [-0.1, -0.05) is 0 Å². The second kappa shape index (κ2) is 5.07. The minimum Gasteiger partial charge on any atom is -0.494 e. The Hall–Kier alpha value is -2.41. The number of nitrogens with one attached hydrogen (secondary N) is 1. The quantitative estimate of drug-likeness (QED) is 0.884. The van der Waals surface area contributed by atoms with Gasteiger partial charge in [0.15, 0.2) is 0 Å². The van der Waals surface area contributed by atoms with Gasteiger partial charge in [-0.15, -0.1) is 0 Å². The molecular formula is C15H17N3O. The SMILES string of the molecule is CCOc1cc(C)c(-c2c[nH]c(N)c2C#N)cc1C. The van der Waals surface area contributed by atoms with E-state index >= 15 is 0 Å². The fourth-order valence-electron chi connectivity index (χ4n) is 2.16. The average molecular weight is 255 g/mol. The average Bonchev–Trinajstić information content (AvgIpc) is 2.74. The molecule has 1 heterocycles. The van der Waals surface area contributed by atoms with Crippen molar-refractivity contribution in [3.05, 3.63) is 35.0 Å². The van der Waals surface area contributed by atoms with E-state index in [1.165, 1.54) is 0 Å². The summed E-state index contributed by atoms with van der Waals surface area (Å²) in [6.45, 7) is 6.60. The normalized spacial score (nSPS) is 10.2. The van der Waals surface area contributed by atoms with Gasteiger partial charge in [0.05, 0.1) is 6.61 Å². The Balaban J connectivity index is 2.58. The van der Waals surface area contributed by atoms with Gasteiger partial charge in [-0.25, -0.2) is 0 Å². The molecular weight excluding hydrogens is 238 g/mol. The van der Waals surface area contributed by atoms with E-state index in [1.807, 2.05) is 32.9 Å². The fraction of sp³-hybridized carbons (Fsp3) is 0.267. The van der Waals surface area contributed by atoms with Crippen LogP contribution in [0.1, 0.15) is 23.6 Å². The highest BCUT2D eigenvalue weighted by Gasteiger charge is 2.14. The van der Waals surface area contributed by atoms with Gasteiger partial charge in [0.1, 0.15) is 23.2 Å². The monoisotopic (exact) mass is 255 g/mol. The number of nitrogen functional groups attached to an aromatic ring is 1. The lowest BCUT2D eigenvalue weighted by Crippen LogP contribution is -1.96. The third kappa shape index (κ3) is 2.27. The summed E-state index contributed by atoms with van der Waals surface area (Å²) in [5, 5.41) is 9.17. The molecule has 1 aromatic heterocycles. The standard InChI is InChI=1S/C15H17N3O/c1-4-19-14-6-9(2)11(5-10(14)3)13-8-18-15(17)12(13)7-16/h5-6,8,18H,4,17H2,1-3H3. The van der Waals surface area contributed by atoms with Crippen molar-refractivity contribution in [2.24, 2.45) is 0 Å². The van der Waals surface area contributed by atoms with E-state index < -0.39 is 0 Å². The summed E-state index contributed by atoms with van der Waals surface area (Å²) < 4.78 is 5.57. The maximum atomic E-state index is 9.17. The zero-order valence-electron chi connectivity index (χ0n) is 11.4. The van der Waals surface area contributed by atoms with E-state index in [0.717, 1.165) is 28.0 Å². The van der Waals surface area contributed by atoms with E-state index in [9.17, 15) is 5.26 Å². The Bertz CT molecular complexity index is 650. The molecule has 0 aliphatic rings. The number of anilines is 1. The number of aryl methyl sites for hydroxylation is 2. The summed E-state index contributed by atoms with van der Waals surface area (Å²) in [7, 11) is 0. The van der Waals surface area contributed by atoms with Crippen LogP contribution in [0.3, 0.4) is 0 Å². The van der Waals surface area contributed by atoms with Crippen LogP contribution < -0.4 is 10.5 Å². The van der Waals surface area contributed by atoms with Crippen LogP contribution in [0.2, 0.25) is 0 Å². The number of H-pyrrole nitrogens is 1. The highest BCUT2D eigenvalue weighted by Crippen LogP contribution is 2.33. The van der Waals surface area contributed by atoms with Crippen molar-refractivity contribution < 1.29 is 4.74 Å². The maximum Gasteiger partial charge on any atom is 0.122 e. The van der Waals surface area contributed by atoms with Gasteiger partial charge < -0.3 is 15.5 Å². The van der Waals surface area contributed by atoms with E-state index in [1.54, 1.807) is 6.20 Å². The van der Waals surface area contributed by atoms with Crippen molar-refractivity contribution in [3.8, 4) is 22.9 Å². The molecule has 0 bridgehead atoms. The van der Waals surface area contributed by atoms with Crippen LogP contribution in [0.25, 0.3) is 11.1 Å². The molecule has 19 heavy (non-hydrogen) atoms. The van der Waals surface area contributed by atoms with E-state index in [2.05, 4.69) is 11.1 Å². The molecule has 0 aliphatic carbocycles. The third-order valence-corrected chi connectivity index (χ3v) is 3.13. The van der Waals surface area contributed by atoms with Gasteiger partial charge in [-0.05, 0) is 49.6 Å². The number of benzene rings is 1. The molecule has 0 fully saturated rings. The highest BCUT2D eigenvalue weighted by molar-refractivity contribution is 5.79. The lowest BCUT2D eigenvalue weighted by Gasteiger charge is -2.12. The van der Waals surface area contributed by atoms with Crippen LogP contribution in [-0.2, 0) is 0 Å². The van der Waals surface area contributed by atoms with Crippen molar-refractivity contribution in [2.75, 3.05) is 12.3 Å². The van der Waals surface area contributed by atoms with E-state index in [-0.39, 0.29) is 0 Å². The van der Waals surface area contributed by atoms with Gasteiger partial charge in [-0.3, -0.25) is 0 Å². The third-order valence-electron chi connectivity index (χ3n) is 3.13. The zero-order chi connectivity index (χ0) is 14.0. The Morgan fingerprint density at radius 2 is 2.00 bits per heavy atom. The fourth-order valence-corrected chi connectivity index (χ4v) is 2.16. The van der Waals surface area contributed by atoms with Gasteiger partial charge in [0, 0.05) is 11.8 Å². The van der Waals surface area contributed by atoms with Crippen molar-refractivity contribution in [1.29, 1.82) is 5.26 Å². The summed E-state index contributed by atoms with van der Waals surface area (Å²) in [6.07, 6.45) is 1.77. The second-order valence-electron chi connectivity index (χ2n) is 4.47. The lowest BCUT2D eigenvalue weighted by atomic mass is 9.97. The Labute approximate surface area is 112 Å². The molecule has 0 saturated carbocycles. The first-order valence-electron chi connectivity index (χ1n) is 6.19. The number of nitrogens with zero attached hydrogens (tertiary/aromatic N) is 1. The van der Waals surface area contributed by atoms with Crippen molar-refractivity contribution in [2.45, 2.75) is 20.8 Å². The van der Waals surface area contributed by atoms with Gasteiger partial charge in [0.25, 0.3) is 0 Å². The van der Waals surface area contributed by atoms with Crippen LogP contribution in [0.5, 0.6) is 5.75 Å². The molecule has 1 aromatic carbocycles. The first-order valence-corrected chi connectivity index (χ1v) is 6.19. The summed E-state index contributed by atoms with van der Waals surface area (Å²) in [5.74, 6) is 1.29. The van der Waals surface area contributed by atoms with Crippen LogP contribution >= 0.6 is 0 Å². The first-order chi connectivity index (χ1) is 9.08. The number of aromatic nitrogens is 1. The van der Waals surface area contributed by atoms with E-state index in [0.29, 0.717) is 18.0 Å². The second-order valence-corrected chi connectivity index (χ2v) is 4.47. The molecule has 2 aromatic rings. The van der Waals surface area contributed by atoms with Gasteiger partial charge >= 0.3 is 0 Å². The largest absolute Gasteiger partial charge is 0.494 e. The number of ether oxygens (including phenoxy) is 1. The molecule has 0 unspecified atom stereocenters. The predicted octanol–water partition coefficient (Wildman–Crippen LogP) is 3.15. The molecule has 0 radical (unpaired) electrons. The molecule has 4 nitrogen and oxygen atoms in total. The summed E-state index contributed by atoms with van der Waals surface area (Å²) in [4.78, 5) is 2.90. The first kappa shape index (κ1) is 13.0. The number of rotatable bonds is 3. The number of nitrogens with two attached hydrogens (primary N) is 1. The molecule has 98 valence electrons. The van der Waals surface area contributed by atoms with Gasteiger partial charge in [0.2, 0.25) is 0 Å². The zero-order valence-corrected chi connectivity index (χ0v) is 11.4. The van der Waals surface area contributed by atoms with Crippen molar-refractivity contribution >= 4 is 5.82 Å². The molecule has 4 heteroatoms. The number of hydrogen-bond acceptors (Lipinski definition) is 3. The summed E-state index contributed by atoms with van der Waals surface area (Å²) >= 11 is 0. The number of hydrogen-bond donors (Lipinski definition) is 2. The Morgan fingerprint density at radius 1 is 1.26 bits per heavy atom. The highest BCUT2D eigenvalue weighted by atomic mass is 16.5. The predicted molar refractivity (Wildman–Crippen MR) is 76.0 cm³/mol. The number of aromatic amines is 1. The van der Waals surface area contributed by atoms with Crippen LogP contribution in [0.15, 0.2) is 18.3 Å². The topological polar surface area (TPSA) is 74.8 Å². The van der Waals surface area contributed by atoms with Crippen LogP contribution in [0.4, 0.5) is 5.82 Å². The Kier molecular flexibility index (Phi) is 3.48. The summed E-state index contributed by atoms with van der Waals surface area (Å²) in [5.41, 5.74) is 10.2. The van der Waals surface area contributed by atoms with Crippen molar-refractivity contribution in [1.82, 2.24) is 4.98 Å². The molecule has 3 N–H and O–H groups in total. The minimum absolute atomic E-state index is 0.406. The molecule has 0 spiro atoms. The molecule has 0 atom stereocenters. The van der Waals surface area contributed by atoms with Crippen LogP contribution in [0, 0.1) is 25.2 Å². The molecule has 0 amide bonds. The van der Waals surface area contributed by atoms with E-state index in [4.69, 9.17) is 10.5 Å². The summed E-state index contributed by atoms with van der Waals surface area (Å²) in [6, 6.07) is 6.17. The molecule has 2 rings (SSSR count). The lowest BCUT2D eigenvalue weighted by molar-refractivity contribution is 0.337. The van der Waals surface area contributed by atoms with Crippen molar-refractivity contribution in [3.63, 3.8) is 0 Å². The van der Waals surface area contributed by atoms with Crippen LogP contribution in [-0.4, -0.2) is 11.6 Å². The maximum absolute atomic E-state index is 9.17. The minimum atomic E-state index is 0.406. The number of nitriles is 1. The molecule has 0 aliphatic heterocycles. The Morgan fingerprint density at radius 3 is 2.63 bits per heavy atom. The molecule has 0 saturated heterocycles.